The third-order valence-corrected chi connectivity index (χ3v) is 24.3. The maximum atomic E-state index is 6.42. The zero-order valence-corrected chi connectivity index (χ0v) is 62.9. The van der Waals surface area contributed by atoms with Crippen molar-refractivity contribution in [2.75, 3.05) is 0 Å². The lowest BCUT2D eigenvalue weighted by molar-refractivity contribution is 0.00578. The maximum Gasteiger partial charge on any atom is 0.495 e. The van der Waals surface area contributed by atoms with Gasteiger partial charge in [-0.2, -0.15) is 0 Å². The van der Waals surface area contributed by atoms with Crippen LogP contribution in [0.3, 0.4) is 0 Å². The van der Waals surface area contributed by atoms with E-state index in [4.69, 9.17) is 41.2 Å². The van der Waals surface area contributed by atoms with E-state index in [0.29, 0.717) is 0 Å². The summed E-state index contributed by atoms with van der Waals surface area (Å²) in [6.07, 6.45) is 0. The number of fused-ring (bicyclic) bond motifs is 15. The zero-order chi connectivity index (χ0) is 74.0. The number of rotatable bonds is 6. The van der Waals surface area contributed by atoms with Gasteiger partial charge in [0.1, 0.15) is 33.5 Å². The molecule has 3 saturated heterocycles. The van der Waals surface area contributed by atoms with Gasteiger partial charge in [0.2, 0.25) is 0 Å². The summed E-state index contributed by atoms with van der Waals surface area (Å²) in [6, 6.07) is 96.5. The molecule has 0 unspecified atom stereocenters. The number of hydrogen-bond donors (Lipinski definition) is 0. The van der Waals surface area contributed by atoms with Crippen molar-refractivity contribution in [2.24, 2.45) is 0 Å². The lowest BCUT2D eigenvalue weighted by Crippen LogP contribution is -2.41. The minimum atomic E-state index is -0.411. The van der Waals surface area contributed by atoms with Crippen molar-refractivity contribution in [3.8, 4) is 33.4 Å². The van der Waals surface area contributed by atoms with Crippen molar-refractivity contribution in [2.45, 2.75) is 117 Å². The third kappa shape index (κ3) is 11.2. The van der Waals surface area contributed by atoms with Crippen LogP contribution in [0, 0.1) is 0 Å². The van der Waals surface area contributed by atoms with Gasteiger partial charge < -0.3 is 41.2 Å². The minimum absolute atomic E-state index is 0.370. The second-order valence-electron chi connectivity index (χ2n) is 32.5. The highest BCUT2D eigenvalue weighted by Gasteiger charge is 2.54. The highest BCUT2D eigenvalue weighted by molar-refractivity contribution is 6.65. The molecule has 3 aromatic heterocycles. The Bertz CT molecular complexity index is 6660. The van der Waals surface area contributed by atoms with E-state index in [0.717, 1.165) is 104 Å². The Morgan fingerprint density at radius 2 is 0.648 bits per heavy atom. The fourth-order valence-electron chi connectivity index (χ4n) is 16.2. The molecule has 108 heavy (non-hydrogen) atoms. The fourth-order valence-corrected chi connectivity index (χ4v) is 16.2. The van der Waals surface area contributed by atoms with Crippen LogP contribution >= 0.6 is 0 Å². The highest BCUT2D eigenvalue weighted by atomic mass is 16.7. The molecule has 3 fully saturated rings. The summed E-state index contributed by atoms with van der Waals surface area (Å²) in [5.41, 5.74) is 13.4. The van der Waals surface area contributed by atoms with Crippen LogP contribution in [0.25, 0.3) is 164 Å². The Morgan fingerprint density at radius 3 is 1.33 bits per heavy atom. The van der Waals surface area contributed by atoms with Crippen LogP contribution in [-0.2, 0) is 27.9 Å². The molecular formula is C96H81B3O9. The summed E-state index contributed by atoms with van der Waals surface area (Å²) in [5.74, 6) is 0. The molecule has 15 aromatic carbocycles. The molecular weight excluding hydrogens is 1330 g/mol. The van der Waals surface area contributed by atoms with Crippen molar-refractivity contribution in [1.29, 1.82) is 0 Å². The summed E-state index contributed by atoms with van der Waals surface area (Å²) >= 11 is 0. The van der Waals surface area contributed by atoms with Gasteiger partial charge in [-0.25, -0.2) is 0 Å². The predicted molar refractivity (Wildman–Crippen MR) is 450 cm³/mol. The Labute approximate surface area is 628 Å². The maximum absolute atomic E-state index is 6.42. The van der Waals surface area contributed by atoms with Crippen molar-refractivity contribution >= 4 is 168 Å². The topological polar surface area (TPSA) is 94.8 Å². The van der Waals surface area contributed by atoms with Crippen LogP contribution in [-0.4, -0.2) is 55.0 Å². The van der Waals surface area contributed by atoms with Crippen LogP contribution in [0.15, 0.2) is 286 Å². The zero-order valence-electron chi connectivity index (χ0n) is 62.9. The molecule has 12 heteroatoms. The molecule has 528 valence electrons. The van der Waals surface area contributed by atoms with Crippen LogP contribution in [0.1, 0.15) is 83.1 Å². The Hall–Kier alpha value is -10.8. The van der Waals surface area contributed by atoms with E-state index in [1.54, 1.807) is 0 Å². The fraction of sp³-hybridized carbons (Fsp3) is 0.188. The molecule has 0 N–H and O–H groups in total. The van der Waals surface area contributed by atoms with Crippen molar-refractivity contribution < 1.29 is 41.2 Å². The summed E-state index contributed by atoms with van der Waals surface area (Å²) in [7, 11) is -1.19. The van der Waals surface area contributed by atoms with E-state index in [1.807, 2.05) is 24.3 Å². The largest absolute Gasteiger partial charge is 0.495 e. The van der Waals surface area contributed by atoms with E-state index < -0.39 is 14.2 Å². The van der Waals surface area contributed by atoms with Crippen molar-refractivity contribution in [1.82, 2.24) is 0 Å². The Balaban J connectivity index is 0.000000110. The minimum Gasteiger partial charge on any atom is -0.456 e. The van der Waals surface area contributed by atoms with E-state index in [-0.39, 0.29) is 40.7 Å². The number of hydrogen-bond acceptors (Lipinski definition) is 9. The first-order valence-electron chi connectivity index (χ1n) is 37.6. The van der Waals surface area contributed by atoms with E-state index >= 15 is 0 Å². The molecule has 18 aromatic rings. The molecule has 0 atom stereocenters. The van der Waals surface area contributed by atoms with Crippen LogP contribution < -0.4 is 16.4 Å². The van der Waals surface area contributed by atoms with Gasteiger partial charge in [-0.3, -0.25) is 0 Å². The average molecular weight is 1410 g/mol. The average Bonchev–Trinajstić information content (AvgIpc) is 1.50. The second kappa shape index (κ2) is 24.9. The summed E-state index contributed by atoms with van der Waals surface area (Å²) in [5, 5.41) is 21.1. The molecule has 6 heterocycles. The van der Waals surface area contributed by atoms with Crippen LogP contribution in [0.5, 0.6) is 0 Å². The number of para-hydroxylation sites is 2. The van der Waals surface area contributed by atoms with E-state index in [2.05, 4.69) is 332 Å². The molecule has 0 spiro atoms. The van der Waals surface area contributed by atoms with Gasteiger partial charge in [0.05, 0.1) is 33.6 Å². The third-order valence-electron chi connectivity index (χ3n) is 24.3. The van der Waals surface area contributed by atoms with Gasteiger partial charge in [0.15, 0.2) is 0 Å². The second-order valence-corrected chi connectivity index (χ2v) is 32.5. The Morgan fingerprint density at radius 1 is 0.213 bits per heavy atom. The quantitative estimate of drug-likeness (QED) is 0.151. The molecule has 0 radical (unpaired) electrons. The molecule has 21 rings (SSSR count). The van der Waals surface area contributed by atoms with Crippen LogP contribution in [0.2, 0.25) is 0 Å². The SMILES string of the molecule is CC1(C)OB(c2ccc3ccc(-c4c5ccccc5cc5oc6ccccc6c45)cc3c2)OC1(C)C.CC1(C)OB(c2ccc3cccc(-c4cccc5cc6c(cc45)oc4ccccc46)c3c2)OC1(C)C.CC1(C)OB(c2cccc3ccc(-c4cccc5oc6cc7ccccc7cc6c45)cc23)OC1(C)C. The van der Waals surface area contributed by atoms with Gasteiger partial charge >= 0.3 is 21.4 Å². The van der Waals surface area contributed by atoms with Gasteiger partial charge in [-0.15, -0.1) is 0 Å². The predicted octanol–water partition coefficient (Wildman–Crippen LogP) is 23.6. The summed E-state index contributed by atoms with van der Waals surface area (Å²) in [4.78, 5) is 0. The molecule has 0 saturated carbocycles. The molecule has 0 aliphatic carbocycles. The lowest BCUT2D eigenvalue weighted by atomic mass is 9.75. The summed E-state index contributed by atoms with van der Waals surface area (Å²) in [6.45, 7) is 25.1. The Kier molecular flexibility index (Phi) is 15.6. The molecule has 3 aliphatic heterocycles. The van der Waals surface area contributed by atoms with Gasteiger partial charge in [0, 0.05) is 37.9 Å². The van der Waals surface area contributed by atoms with Gasteiger partial charge in [-0.1, -0.05) is 212 Å². The first-order chi connectivity index (χ1) is 51.9. The standard InChI is InChI=1S/3C32H27BO3/c1-31(2)32(3,4)36-33(35-31)22-16-15-20-9-7-12-23(26(20)18-22)24-13-8-10-21-17-28-25-11-5-6-14-29(25)34-30(28)19-27(21)24;1-31(2)32(3,4)36-33(35-31)27-13-7-11-20-15-16-23(18-25(20)27)24-12-8-14-28-30(24)26-17-21-9-5-6-10-22(21)19-29(26)34-28;1-31(2)32(3,4)36-33(35-31)24-16-15-20-13-14-22(17-23(20)18-24)29-25-10-6-5-9-21(25)19-28-30(29)26-11-7-8-12-27(26)34-28/h3*5-19H,1-4H3. The van der Waals surface area contributed by atoms with Gasteiger partial charge in [0.25, 0.3) is 0 Å². The number of furan rings is 3. The number of benzene rings is 15. The van der Waals surface area contributed by atoms with Crippen LogP contribution in [0.4, 0.5) is 0 Å². The first-order valence-corrected chi connectivity index (χ1v) is 37.6. The summed E-state index contributed by atoms with van der Waals surface area (Å²) < 4.78 is 57.1. The normalized spacial score (nSPS) is 17.1. The first kappa shape index (κ1) is 67.8. The molecule has 3 aliphatic rings. The van der Waals surface area contributed by atoms with Gasteiger partial charge in [-0.05, 0) is 253 Å². The van der Waals surface area contributed by atoms with Crippen molar-refractivity contribution in [3.05, 3.63) is 273 Å². The molecule has 9 nitrogen and oxygen atoms in total. The molecule has 0 amide bonds. The van der Waals surface area contributed by atoms with E-state index in [1.165, 1.54) is 76.1 Å². The van der Waals surface area contributed by atoms with Crippen molar-refractivity contribution in [3.63, 3.8) is 0 Å². The highest BCUT2D eigenvalue weighted by Crippen LogP contribution is 2.47. The lowest BCUT2D eigenvalue weighted by Gasteiger charge is -2.32. The van der Waals surface area contributed by atoms with E-state index in [9.17, 15) is 0 Å². The molecule has 0 bridgehead atoms. The monoisotopic (exact) mass is 1410 g/mol. The smallest absolute Gasteiger partial charge is 0.456 e.